The number of aromatic nitrogens is 1. The first-order valence-electron chi connectivity index (χ1n) is 7.97. The molecule has 0 fully saturated rings. The molecular weight excluding hydrogens is 407 g/mol. The Balaban J connectivity index is 1.88. The molecule has 136 valence electrons. The van der Waals surface area contributed by atoms with Gasteiger partial charge in [-0.2, -0.15) is 4.99 Å². The third-order valence-corrected chi connectivity index (χ3v) is 5.56. The highest BCUT2D eigenvalue weighted by Gasteiger charge is 2.17. The molecule has 1 aliphatic heterocycles. The molecule has 1 amide bonds. The van der Waals surface area contributed by atoms with Gasteiger partial charge < -0.3 is 14.0 Å². The largest absolute Gasteiger partial charge is 0.486 e. The topological polar surface area (TPSA) is 52.8 Å². The lowest BCUT2D eigenvalue weighted by atomic mass is 10.2. The summed E-state index contributed by atoms with van der Waals surface area (Å²) in [7, 11) is 0. The maximum atomic E-state index is 12.7. The highest BCUT2D eigenvalue weighted by molar-refractivity contribution is 7.16. The van der Waals surface area contributed by atoms with E-state index in [0.717, 1.165) is 10.2 Å². The third kappa shape index (κ3) is 3.42. The molecule has 1 aliphatic rings. The Kier molecular flexibility index (Phi) is 4.83. The molecular formula is C19H12Cl2N2O3S. The van der Waals surface area contributed by atoms with E-state index >= 15 is 0 Å². The number of halogens is 2. The molecule has 0 N–H and O–H groups in total. The number of thiazole rings is 1. The van der Waals surface area contributed by atoms with Crippen LogP contribution in [0.4, 0.5) is 0 Å². The van der Waals surface area contributed by atoms with E-state index in [0.29, 0.717) is 34.5 Å². The van der Waals surface area contributed by atoms with Crippen molar-refractivity contribution < 1.29 is 14.3 Å². The van der Waals surface area contributed by atoms with Gasteiger partial charge in [0.25, 0.3) is 5.91 Å². The molecule has 3 aromatic rings. The minimum absolute atomic E-state index is 0.236. The smallest absolute Gasteiger partial charge is 0.281 e. The minimum atomic E-state index is -0.489. The van der Waals surface area contributed by atoms with Gasteiger partial charge in [0.1, 0.15) is 13.2 Å². The number of terminal acetylenes is 1. The Morgan fingerprint density at radius 3 is 2.70 bits per heavy atom. The monoisotopic (exact) mass is 418 g/mol. The molecule has 0 saturated carbocycles. The van der Waals surface area contributed by atoms with Crippen molar-refractivity contribution in [2.75, 3.05) is 13.2 Å². The van der Waals surface area contributed by atoms with Crippen molar-refractivity contribution in [3.63, 3.8) is 0 Å². The lowest BCUT2D eigenvalue weighted by Gasteiger charge is -2.18. The van der Waals surface area contributed by atoms with Crippen LogP contribution in [0.15, 0.2) is 35.3 Å². The quantitative estimate of drug-likeness (QED) is 0.587. The minimum Gasteiger partial charge on any atom is -0.486 e. The summed E-state index contributed by atoms with van der Waals surface area (Å²) in [6, 6.07) is 8.40. The second-order valence-electron chi connectivity index (χ2n) is 5.68. The number of hydrogen-bond acceptors (Lipinski definition) is 4. The van der Waals surface area contributed by atoms with Gasteiger partial charge in [-0.3, -0.25) is 4.79 Å². The molecule has 2 aromatic carbocycles. The van der Waals surface area contributed by atoms with Crippen molar-refractivity contribution in [3.05, 3.63) is 50.7 Å². The van der Waals surface area contributed by atoms with E-state index in [-0.39, 0.29) is 17.1 Å². The van der Waals surface area contributed by atoms with Crippen molar-refractivity contribution in [2.45, 2.75) is 6.54 Å². The lowest BCUT2D eigenvalue weighted by Crippen LogP contribution is -2.17. The van der Waals surface area contributed by atoms with Crippen molar-refractivity contribution >= 4 is 50.7 Å². The summed E-state index contributed by atoms with van der Waals surface area (Å²) in [5.74, 6) is 3.42. The Hall–Kier alpha value is -2.46. The highest BCUT2D eigenvalue weighted by atomic mass is 35.5. The van der Waals surface area contributed by atoms with Crippen molar-refractivity contribution in [3.8, 4) is 23.8 Å². The number of carbonyl (C=O) groups is 1. The number of amides is 1. The molecule has 0 spiro atoms. The predicted octanol–water partition coefficient (Wildman–Crippen LogP) is 4.16. The predicted molar refractivity (Wildman–Crippen MR) is 106 cm³/mol. The van der Waals surface area contributed by atoms with Gasteiger partial charge >= 0.3 is 0 Å². The highest BCUT2D eigenvalue weighted by Crippen LogP contribution is 2.35. The maximum Gasteiger partial charge on any atom is 0.281 e. The average Bonchev–Trinajstić information content (AvgIpc) is 2.98. The first-order valence-corrected chi connectivity index (χ1v) is 9.54. The Labute approximate surface area is 168 Å². The van der Waals surface area contributed by atoms with E-state index in [1.807, 2.05) is 12.1 Å². The van der Waals surface area contributed by atoms with Crippen molar-refractivity contribution in [1.29, 1.82) is 0 Å². The normalized spacial score (nSPS) is 13.6. The molecule has 27 heavy (non-hydrogen) atoms. The second-order valence-corrected chi connectivity index (χ2v) is 7.53. The number of ether oxygens (including phenoxy) is 2. The summed E-state index contributed by atoms with van der Waals surface area (Å²) in [4.78, 5) is 17.4. The van der Waals surface area contributed by atoms with Crippen LogP contribution in [0.3, 0.4) is 0 Å². The Bertz CT molecular complexity index is 1170. The molecule has 0 aliphatic carbocycles. The molecule has 0 radical (unpaired) electrons. The van der Waals surface area contributed by atoms with Gasteiger partial charge in [-0.15, -0.1) is 6.42 Å². The van der Waals surface area contributed by atoms with E-state index < -0.39 is 5.91 Å². The van der Waals surface area contributed by atoms with E-state index in [2.05, 4.69) is 10.9 Å². The zero-order valence-corrected chi connectivity index (χ0v) is 16.2. The molecule has 2 heterocycles. The van der Waals surface area contributed by atoms with Crippen LogP contribution in [0.1, 0.15) is 10.4 Å². The van der Waals surface area contributed by atoms with Crippen LogP contribution in [0.5, 0.6) is 11.5 Å². The standard InChI is InChI=1S/C19H12Cl2N2O3S/c1-2-5-23-14-9-15-16(26-7-6-25-15)10-17(14)27-19(23)22-18(24)12-8-11(20)3-4-13(12)21/h1,3-4,8-10H,5-7H2. The second kappa shape index (κ2) is 7.28. The Morgan fingerprint density at radius 2 is 1.96 bits per heavy atom. The summed E-state index contributed by atoms with van der Waals surface area (Å²) >= 11 is 13.4. The summed E-state index contributed by atoms with van der Waals surface area (Å²) < 4.78 is 13.9. The van der Waals surface area contributed by atoms with Gasteiger partial charge in [0.15, 0.2) is 16.3 Å². The number of benzene rings is 2. The van der Waals surface area contributed by atoms with Gasteiger partial charge in [-0.25, -0.2) is 0 Å². The van der Waals surface area contributed by atoms with E-state index in [1.165, 1.54) is 17.4 Å². The number of carbonyl (C=O) groups excluding carboxylic acids is 1. The zero-order valence-electron chi connectivity index (χ0n) is 13.9. The third-order valence-electron chi connectivity index (χ3n) is 3.95. The van der Waals surface area contributed by atoms with Gasteiger partial charge in [-0.1, -0.05) is 40.5 Å². The van der Waals surface area contributed by atoms with Crippen molar-refractivity contribution in [2.24, 2.45) is 4.99 Å². The van der Waals surface area contributed by atoms with Crippen molar-refractivity contribution in [1.82, 2.24) is 4.57 Å². The fourth-order valence-corrected chi connectivity index (χ4v) is 4.15. The van der Waals surface area contributed by atoms with Crippen LogP contribution in [-0.4, -0.2) is 23.7 Å². The van der Waals surface area contributed by atoms with Crippen LogP contribution in [0, 0.1) is 12.3 Å². The lowest BCUT2D eigenvalue weighted by molar-refractivity contribution is 0.0998. The van der Waals surface area contributed by atoms with Crippen LogP contribution in [-0.2, 0) is 6.54 Å². The first kappa shape index (κ1) is 17.9. The maximum absolute atomic E-state index is 12.7. The fourth-order valence-electron chi connectivity index (χ4n) is 2.74. The zero-order chi connectivity index (χ0) is 19.0. The molecule has 5 nitrogen and oxygen atoms in total. The molecule has 0 atom stereocenters. The van der Waals surface area contributed by atoms with E-state index in [4.69, 9.17) is 39.1 Å². The summed E-state index contributed by atoms with van der Waals surface area (Å²) in [6.45, 7) is 1.24. The summed E-state index contributed by atoms with van der Waals surface area (Å²) in [5.41, 5.74) is 1.06. The van der Waals surface area contributed by atoms with E-state index in [9.17, 15) is 4.79 Å². The Morgan fingerprint density at radius 1 is 1.22 bits per heavy atom. The van der Waals surface area contributed by atoms with Gasteiger partial charge in [-0.05, 0) is 18.2 Å². The molecule has 0 bridgehead atoms. The van der Waals surface area contributed by atoms with E-state index in [1.54, 1.807) is 16.7 Å². The van der Waals surface area contributed by atoms with Gasteiger partial charge in [0.05, 0.1) is 27.3 Å². The van der Waals surface area contributed by atoms with Gasteiger partial charge in [0.2, 0.25) is 0 Å². The summed E-state index contributed by atoms with van der Waals surface area (Å²) in [6.07, 6.45) is 5.52. The summed E-state index contributed by atoms with van der Waals surface area (Å²) in [5, 5.41) is 0.697. The number of nitrogens with zero attached hydrogens (tertiary/aromatic N) is 2. The molecule has 0 unspecified atom stereocenters. The molecule has 1 aromatic heterocycles. The SMILES string of the molecule is C#CCn1c(=NC(=O)c2cc(Cl)ccc2Cl)sc2cc3c(cc21)OCCO3. The molecule has 0 saturated heterocycles. The first-order chi connectivity index (χ1) is 13.1. The average molecular weight is 419 g/mol. The van der Waals surface area contributed by atoms with Crippen LogP contribution < -0.4 is 14.3 Å². The molecule has 4 rings (SSSR count). The molecule has 8 heteroatoms. The number of rotatable bonds is 2. The fraction of sp³-hybridized carbons (Fsp3) is 0.158. The number of hydrogen-bond donors (Lipinski definition) is 0. The van der Waals surface area contributed by atoms with Gasteiger partial charge in [0, 0.05) is 17.2 Å². The van der Waals surface area contributed by atoms with Crippen LogP contribution >= 0.6 is 34.5 Å². The van der Waals surface area contributed by atoms with Crippen LogP contribution in [0.2, 0.25) is 10.0 Å². The van der Waals surface area contributed by atoms with Crippen LogP contribution in [0.25, 0.3) is 10.2 Å². The number of fused-ring (bicyclic) bond motifs is 2.